The van der Waals surface area contributed by atoms with Crippen LogP contribution >= 0.6 is 11.3 Å². The van der Waals surface area contributed by atoms with E-state index in [0.717, 1.165) is 10.00 Å². The molecule has 0 spiro atoms. The number of sulfonamides is 1. The van der Waals surface area contributed by atoms with Gasteiger partial charge < -0.3 is 0 Å². The molecule has 0 saturated carbocycles. The fourth-order valence-corrected chi connectivity index (χ4v) is 3.54. The molecule has 1 aromatic carbocycles. The predicted octanol–water partition coefficient (Wildman–Crippen LogP) is 2.77. The lowest BCUT2D eigenvalue weighted by Crippen LogP contribution is -2.22. The Hall–Kier alpha value is -1.77. The van der Waals surface area contributed by atoms with Gasteiger partial charge in [0.1, 0.15) is 0 Å². The largest absolute Gasteiger partial charge is 0.298 e. The van der Waals surface area contributed by atoms with Crippen LogP contribution in [-0.2, 0) is 10.0 Å². The highest BCUT2D eigenvalue weighted by Crippen LogP contribution is 2.22. The summed E-state index contributed by atoms with van der Waals surface area (Å²) < 4.78 is 25.1. The van der Waals surface area contributed by atoms with E-state index in [4.69, 9.17) is 0 Å². The molecule has 0 aliphatic rings. The average Bonchev–Trinajstić information content (AvgIpc) is 2.96. The van der Waals surface area contributed by atoms with Crippen LogP contribution in [0, 0.1) is 0 Å². The number of carbonyl (C=O) groups is 1. The summed E-state index contributed by atoms with van der Waals surface area (Å²) >= 11 is 1.37. The first-order valence-corrected chi connectivity index (χ1v) is 9.33. The third-order valence-electron chi connectivity index (χ3n) is 3.23. The topological polar surface area (TPSA) is 79.4 Å². The van der Waals surface area contributed by atoms with Gasteiger partial charge in [0.15, 0.2) is 5.13 Å². The Balaban J connectivity index is 2.14. The number of benzene rings is 1. The second-order valence-corrected chi connectivity index (χ2v) is 8.51. The van der Waals surface area contributed by atoms with Gasteiger partial charge in [-0.2, -0.15) is 0 Å². The molecule has 0 saturated heterocycles. The molecule has 0 aliphatic heterocycles. The summed E-state index contributed by atoms with van der Waals surface area (Å²) in [5, 5.41) is 5.16. The molecule has 2 rings (SSSR count). The van der Waals surface area contributed by atoms with Crippen molar-refractivity contribution in [2.75, 3.05) is 19.4 Å². The summed E-state index contributed by atoms with van der Waals surface area (Å²) in [6, 6.07) is 5.82. The lowest BCUT2D eigenvalue weighted by molar-refractivity contribution is 0.102. The van der Waals surface area contributed by atoms with Gasteiger partial charge in [0.25, 0.3) is 5.91 Å². The van der Waals surface area contributed by atoms with Gasteiger partial charge in [-0.15, -0.1) is 11.3 Å². The molecule has 124 valence electrons. The molecule has 0 aliphatic carbocycles. The lowest BCUT2D eigenvalue weighted by atomic mass is 10.2. The number of rotatable bonds is 5. The van der Waals surface area contributed by atoms with Gasteiger partial charge in [-0.25, -0.2) is 17.7 Å². The Morgan fingerprint density at radius 1 is 1.22 bits per heavy atom. The van der Waals surface area contributed by atoms with Crippen LogP contribution < -0.4 is 5.32 Å². The first kappa shape index (κ1) is 17.6. The maximum absolute atomic E-state index is 12.2. The number of amides is 1. The number of anilines is 1. The molecule has 0 atom stereocenters. The summed E-state index contributed by atoms with van der Waals surface area (Å²) in [6.07, 6.45) is 0. The highest BCUT2D eigenvalue weighted by Gasteiger charge is 2.18. The second-order valence-electron chi connectivity index (χ2n) is 5.50. The van der Waals surface area contributed by atoms with E-state index in [1.54, 1.807) is 0 Å². The molecule has 2 aromatic rings. The number of carbonyl (C=O) groups excluding carboxylic acids is 1. The number of hydrogen-bond acceptors (Lipinski definition) is 5. The second kappa shape index (κ2) is 6.77. The van der Waals surface area contributed by atoms with E-state index in [-0.39, 0.29) is 10.8 Å². The van der Waals surface area contributed by atoms with Gasteiger partial charge in [0, 0.05) is 25.0 Å². The van der Waals surface area contributed by atoms with Crippen LogP contribution in [0.25, 0.3) is 0 Å². The van der Waals surface area contributed by atoms with E-state index in [9.17, 15) is 13.2 Å². The minimum Gasteiger partial charge on any atom is -0.298 e. The summed E-state index contributed by atoms with van der Waals surface area (Å²) in [7, 11) is -0.567. The Morgan fingerprint density at radius 2 is 1.83 bits per heavy atom. The normalized spacial score (nSPS) is 11.9. The van der Waals surface area contributed by atoms with Crippen LogP contribution in [0.2, 0.25) is 0 Å². The third kappa shape index (κ3) is 3.95. The minimum atomic E-state index is -3.49. The zero-order chi connectivity index (χ0) is 17.2. The van der Waals surface area contributed by atoms with Crippen molar-refractivity contribution in [3.05, 3.63) is 40.9 Å². The molecule has 1 N–H and O–H groups in total. The van der Waals surface area contributed by atoms with Crippen molar-refractivity contribution in [2.45, 2.75) is 24.7 Å². The number of aromatic nitrogens is 1. The molecule has 0 bridgehead atoms. The Labute approximate surface area is 140 Å². The molecular weight excluding hydrogens is 334 g/mol. The van der Waals surface area contributed by atoms with Crippen molar-refractivity contribution >= 4 is 32.4 Å². The molecule has 23 heavy (non-hydrogen) atoms. The van der Waals surface area contributed by atoms with Crippen molar-refractivity contribution < 1.29 is 13.2 Å². The molecule has 0 radical (unpaired) electrons. The van der Waals surface area contributed by atoms with Gasteiger partial charge in [-0.3, -0.25) is 10.1 Å². The van der Waals surface area contributed by atoms with Crippen LogP contribution in [0.4, 0.5) is 5.13 Å². The summed E-state index contributed by atoms with van der Waals surface area (Å²) in [5.74, 6) is -0.0177. The number of nitrogens with one attached hydrogen (secondary N) is 1. The molecule has 1 heterocycles. The summed E-state index contributed by atoms with van der Waals surface area (Å²) in [6.45, 7) is 4.06. The number of nitrogens with zero attached hydrogens (tertiary/aromatic N) is 2. The number of thiazole rings is 1. The average molecular weight is 353 g/mol. The van der Waals surface area contributed by atoms with Gasteiger partial charge in [-0.05, 0) is 30.2 Å². The van der Waals surface area contributed by atoms with Gasteiger partial charge in [0.2, 0.25) is 10.0 Å². The Kier molecular flexibility index (Phi) is 5.18. The summed E-state index contributed by atoms with van der Waals surface area (Å²) in [4.78, 5) is 16.7. The standard InChI is InChI=1S/C15H19N3O3S2/c1-10(2)13-9-22-15(16-13)17-14(19)11-5-7-12(8-6-11)23(20,21)18(3)4/h5-10H,1-4H3,(H,16,17,19). The van der Waals surface area contributed by atoms with E-state index in [1.165, 1.54) is 49.7 Å². The molecule has 1 amide bonds. The van der Waals surface area contributed by atoms with Crippen LogP contribution in [0.15, 0.2) is 34.5 Å². The quantitative estimate of drug-likeness (QED) is 0.896. The van der Waals surface area contributed by atoms with Crippen molar-refractivity contribution in [3.8, 4) is 0 Å². The first-order valence-electron chi connectivity index (χ1n) is 7.01. The van der Waals surface area contributed by atoms with Crippen molar-refractivity contribution in [3.63, 3.8) is 0 Å². The highest BCUT2D eigenvalue weighted by molar-refractivity contribution is 7.89. The van der Waals surface area contributed by atoms with Crippen molar-refractivity contribution in [1.29, 1.82) is 0 Å². The summed E-state index contributed by atoms with van der Waals surface area (Å²) in [5.41, 5.74) is 1.31. The SMILES string of the molecule is CC(C)c1csc(NC(=O)c2ccc(S(=O)(=O)N(C)C)cc2)n1. The molecule has 0 unspecified atom stereocenters. The van der Waals surface area contributed by atoms with E-state index < -0.39 is 10.0 Å². The van der Waals surface area contributed by atoms with Crippen molar-refractivity contribution in [2.24, 2.45) is 0 Å². The van der Waals surface area contributed by atoms with Crippen molar-refractivity contribution in [1.82, 2.24) is 9.29 Å². The number of hydrogen-bond donors (Lipinski definition) is 1. The molecule has 8 heteroatoms. The Morgan fingerprint density at radius 3 is 2.30 bits per heavy atom. The van der Waals surface area contributed by atoms with Gasteiger partial charge in [0.05, 0.1) is 10.6 Å². The molecule has 6 nitrogen and oxygen atoms in total. The highest BCUT2D eigenvalue weighted by atomic mass is 32.2. The predicted molar refractivity (Wildman–Crippen MR) is 91.5 cm³/mol. The maximum atomic E-state index is 12.2. The fraction of sp³-hybridized carbons (Fsp3) is 0.333. The zero-order valence-corrected chi connectivity index (χ0v) is 15.0. The monoisotopic (exact) mass is 353 g/mol. The fourth-order valence-electron chi connectivity index (χ4n) is 1.77. The van der Waals surface area contributed by atoms with E-state index in [1.807, 2.05) is 19.2 Å². The minimum absolute atomic E-state index is 0.149. The van der Waals surface area contributed by atoms with Crippen LogP contribution in [-0.4, -0.2) is 37.7 Å². The molecule has 0 fully saturated rings. The maximum Gasteiger partial charge on any atom is 0.257 e. The van der Waals surface area contributed by atoms with E-state index in [2.05, 4.69) is 10.3 Å². The van der Waals surface area contributed by atoms with E-state index >= 15 is 0 Å². The van der Waals surface area contributed by atoms with E-state index in [0.29, 0.717) is 16.6 Å². The smallest absolute Gasteiger partial charge is 0.257 e. The third-order valence-corrected chi connectivity index (χ3v) is 5.83. The van der Waals surface area contributed by atoms with Crippen LogP contribution in [0.1, 0.15) is 35.8 Å². The molecular formula is C15H19N3O3S2. The first-order chi connectivity index (χ1) is 10.7. The van der Waals surface area contributed by atoms with Crippen LogP contribution in [0.5, 0.6) is 0 Å². The van der Waals surface area contributed by atoms with Crippen LogP contribution in [0.3, 0.4) is 0 Å². The molecule has 1 aromatic heterocycles. The lowest BCUT2D eigenvalue weighted by Gasteiger charge is -2.11. The van der Waals surface area contributed by atoms with Gasteiger partial charge in [-0.1, -0.05) is 13.8 Å². The Bertz CT molecular complexity index is 794. The van der Waals surface area contributed by atoms with Gasteiger partial charge >= 0.3 is 0 Å². The zero-order valence-electron chi connectivity index (χ0n) is 13.4.